The summed E-state index contributed by atoms with van der Waals surface area (Å²) in [6, 6.07) is 9.49. The largest absolute Gasteiger partial charge is 0.493 e. The third-order valence-corrected chi connectivity index (χ3v) is 6.89. The zero-order valence-electron chi connectivity index (χ0n) is 21.3. The smallest absolute Gasteiger partial charge is 0.434 e. The Labute approximate surface area is 230 Å². The van der Waals surface area contributed by atoms with E-state index in [1.54, 1.807) is 18.2 Å². The van der Waals surface area contributed by atoms with Gasteiger partial charge in [-0.3, -0.25) is 9.36 Å². The van der Waals surface area contributed by atoms with E-state index in [9.17, 15) is 22.8 Å². The summed E-state index contributed by atoms with van der Waals surface area (Å²) in [6.45, 7) is 4.96. The maximum Gasteiger partial charge on any atom is 0.434 e. The third kappa shape index (κ3) is 5.74. The number of fused-ring (bicyclic) bond motifs is 1. The molecule has 7 nitrogen and oxygen atoms in total. The number of rotatable bonds is 7. The van der Waals surface area contributed by atoms with Crippen molar-refractivity contribution in [2.75, 3.05) is 13.7 Å². The second-order valence-electron chi connectivity index (χ2n) is 8.66. The molecule has 0 N–H and O–H groups in total. The lowest BCUT2D eigenvalue weighted by atomic mass is 9.95. The second-order valence-corrected chi connectivity index (χ2v) is 10.1. The first-order valence-electron chi connectivity index (χ1n) is 11.9. The lowest BCUT2D eigenvalue weighted by Crippen LogP contribution is -2.41. The molecule has 2 heterocycles. The van der Waals surface area contributed by atoms with Crippen LogP contribution in [0.1, 0.15) is 37.9 Å². The predicted octanol–water partition coefficient (Wildman–Crippen LogP) is 4.79. The minimum Gasteiger partial charge on any atom is -0.493 e. The van der Waals surface area contributed by atoms with E-state index in [4.69, 9.17) is 25.8 Å². The van der Waals surface area contributed by atoms with E-state index in [0.29, 0.717) is 22.1 Å². The van der Waals surface area contributed by atoms with Gasteiger partial charge in [-0.15, -0.1) is 0 Å². The normalized spacial score (nSPS) is 15.7. The van der Waals surface area contributed by atoms with E-state index in [0.717, 1.165) is 15.9 Å². The van der Waals surface area contributed by atoms with Crippen LogP contribution in [0.25, 0.3) is 6.08 Å². The number of benzene rings is 2. The van der Waals surface area contributed by atoms with Crippen LogP contribution in [0.15, 0.2) is 63.5 Å². The van der Waals surface area contributed by atoms with Crippen LogP contribution in [0, 0.1) is 0 Å². The van der Waals surface area contributed by atoms with Gasteiger partial charge >= 0.3 is 12.1 Å². The molecule has 0 fully saturated rings. The molecule has 0 spiro atoms. The van der Waals surface area contributed by atoms with E-state index < -0.39 is 35.0 Å². The number of carbonyl (C=O) groups is 1. The van der Waals surface area contributed by atoms with Crippen LogP contribution in [-0.4, -0.2) is 36.5 Å². The molecule has 0 radical (unpaired) electrons. The zero-order valence-corrected chi connectivity index (χ0v) is 22.9. The Kier molecular flexibility index (Phi) is 8.22. The van der Waals surface area contributed by atoms with Gasteiger partial charge in [-0.25, -0.2) is 9.79 Å². The van der Waals surface area contributed by atoms with Gasteiger partial charge in [-0.1, -0.05) is 47.2 Å². The zero-order chi connectivity index (χ0) is 28.5. The highest BCUT2D eigenvalue weighted by atomic mass is 35.5. The first-order chi connectivity index (χ1) is 18.5. The number of aromatic nitrogens is 1. The molecule has 3 aromatic rings. The van der Waals surface area contributed by atoms with Gasteiger partial charge in [0.15, 0.2) is 22.0 Å². The molecule has 0 aliphatic carbocycles. The molecule has 1 aliphatic rings. The number of hydrogen-bond donors (Lipinski definition) is 0. The topological polar surface area (TPSA) is 79.1 Å². The first-order valence-corrected chi connectivity index (χ1v) is 13.0. The van der Waals surface area contributed by atoms with E-state index in [1.807, 2.05) is 13.8 Å². The molecule has 2 aromatic carbocycles. The molecule has 0 unspecified atom stereocenters. The van der Waals surface area contributed by atoms with Crippen molar-refractivity contribution >= 4 is 35.0 Å². The summed E-state index contributed by atoms with van der Waals surface area (Å²) < 4.78 is 60.2. The summed E-state index contributed by atoms with van der Waals surface area (Å²) in [7, 11) is 1.47. The Balaban J connectivity index is 2.04. The monoisotopic (exact) mass is 580 g/mol. The number of ether oxygens (including phenoxy) is 3. The Morgan fingerprint density at radius 2 is 1.90 bits per heavy atom. The average Bonchev–Trinajstić information content (AvgIpc) is 3.18. The number of hydrogen-bond acceptors (Lipinski definition) is 7. The summed E-state index contributed by atoms with van der Waals surface area (Å²) >= 11 is 6.77. The number of methoxy groups -OCH3 is 1. The number of thiazole rings is 1. The maximum absolute atomic E-state index is 14.2. The Hall–Kier alpha value is -3.57. The van der Waals surface area contributed by atoms with Crippen LogP contribution < -0.4 is 24.4 Å². The van der Waals surface area contributed by atoms with Crippen LogP contribution in [0.2, 0.25) is 5.02 Å². The van der Waals surface area contributed by atoms with Crippen molar-refractivity contribution in [1.82, 2.24) is 4.57 Å². The molecule has 1 atom stereocenters. The summed E-state index contributed by atoms with van der Waals surface area (Å²) in [6.07, 6.45) is -3.71. The minimum atomic E-state index is -4.99. The minimum absolute atomic E-state index is 0.0845. The van der Waals surface area contributed by atoms with Gasteiger partial charge in [0.1, 0.15) is 0 Å². The highest BCUT2D eigenvalue weighted by Crippen LogP contribution is 2.38. The molecular weight excluding hydrogens is 557 g/mol. The molecule has 39 heavy (non-hydrogen) atoms. The molecule has 0 amide bonds. The van der Waals surface area contributed by atoms with Gasteiger partial charge in [0.2, 0.25) is 0 Å². The van der Waals surface area contributed by atoms with E-state index in [-0.39, 0.29) is 27.6 Å². The van der Waals surface area contributed by atoms with Crippen molar-refractivity contribution in [3.8, 4) is 11.5 Å². The molecular formula is C27H24ClF3N2O5S. The lowest BCUT2D eigenvalue weighted by molar-refractivity contribution is -0.140. The number of esters is 1. The highest BCUT2D eigenvalue weighted by Gasteiger charge is 2.45. The number of halogens is 4. The number of allylic oxidation sites excluding steroid dienone is 1. The molecule has 1 aliphatic heterocycles. The molecule has 0 bridgehead atoms. The van der Waals surface area contributed by atoms with E-state index in [1.165, 1.54) is 44.4 Å². The van der Waals surface area contributed by atoms with E-state index in [2.05, 4.69) is 4.99 Å². The first kappa shape index (κ1) is 28.4. The third-order valence-electron chi connectivity index (χ3n) is 5.65. The maximum atomic E-state index is 14.2. The van der Waals surface area contributed by atoms with Gasteiger partial charge in [-0.2, -0.15) is 13.2 Å². The lowest BCUT2D eigenvalue weighted by Gasteiger charge is -2.26. The number of carbonyl (C=O) groups excluding carboxylic acids is 1. The summed E-state index contributed by atoms with van der Waals surface area (Å²) in [5, 5.41) is 0.333. The van der Waals surface area contributed by atoms with Crippen LogP contribution in [0.3, 0.4) is 0 Å². The van der Waals surface area contributed by atoms with Gasteiger partial charge in [-0.05, 0) is 50.6 Å². The van der Waals surface area contributed by atoms with Crippen molar-refractivity contribution in [3.63, 3.8) is 0 Å². The second kappa shape index (κ2) is 11.3. The average molecular weight is 581 g/mol. The van der Waals surface area contributed by atoms with Crippen molar-refractivity contribution in [3.05, 3.63) is 89.6 Å². The van der Waals surface area contributed by atoms with Crippen LogP contribution in [-0.2, 0) is 9.53 Å². The fourth-order valence-corrected chi connectivity index (χ4v) is 5.23. The fourth-order valence-electron chi connectivity index (χ4n) is 4.11. The van der Waals surface area contributed by atoms with E-state index >= 15 is 0 Å². The van der Waals surface area contributed by atoms with Crippen LogP contribution >= 0.6 is 22.9 Å². The standard InChI is InChI=1S/C27H24ClF3N2O5S/c1-5-37-25(35)20-21(15-9-11-17(28)12-10-15)33-24(34)19(39-26(33)32-23(20)27(29,30)31)13-16-7-6-8-18(36-4)22(16)38-14(2)3/h6-14,21H,5H2,1-4H3/b19-13-/t21-/m0/s1. The summed E-state index contributed by atoms with van der Waals surface area (Å²) in [5.74, 6) is -0.422. The van der Waals surface area contributed by atoms with Crippen LogP contribution in [0.4, 0.5) is 13.2 Å². The van der Waals surface area contributed by atoms with Gasteiger partial charge in [0.05, 0.1) is 36.0 Å². The van der Waals surface area contributed by atoms with Gasteiger partial charge in [0.25, 0.3) is 5.56 Å². The van der Waals surface area contributed by atoms with Crippen LogP contribution in [0.5, 0.6) is 11.5 Å². The SMILES string of the molecule is CCOC(=O)C1=C(C(F)(F)F)N=c2s/c(=C\c3cccc(OC)c3OC(C)C)c(=O)n2[C@H]1c1ccc(Cl)cc1. The van der Waals surface area contributed by atoms with Crippen molar-refractivity contribution in [1.29, 1.82) is 0 Å². The highest BCUT2D eigenvalue weighted by molar-refractivity contribution is 7.07. The predicted molar refractivity (Wildman–Crippen MR) is 141 cm³/mol. The Bertz CT molecular complexity index is 1610. The number of nitrogens with zero attached hydrogens (tertiary/aromatic N) is 2. The van der Waals surface area contributed by atoms with Crippen molar-refractivity contribution in [2.24, 2.45) is 4.99 Å². The Morgan fingerprint density at radius 3 is 2.49 bits per heavy atom. The summed E-state index contributed by atoms with van der Waals surface area (Å²) in [5.41, 5.74) is -2.12. The molecule has 206 valence electrons. The van der Waals surface area contributed by atoms with Gasteiger partial charge in [0, 0.05) is 10.6 Å². The number of alkyl halides is 3. The molecule has 0 saturated heterocycles. The Morgan fingerprint density at radius 1 is 1.21 bits per heavy atom. The van der Waals surface area contributed by atoms with Gasteiger partial charge < -0.3 is 14.2 Å². The molecule has 0 saturated carbocycles. The fraction of sp³-hybridized carbons (Fsp3) is 0.296. The quantitative estimate of drug-likeness (QED) is 0.376. The summed E-state index contributed by atoms with van der Waals surface area (Å²) in [4.78, 5) is 30.2. The van der Waals surface area contributed by atoms with Crippen molar-refractivity contribution in [2.45, 2.75) is 39.1 Å². The molecule has 1 aromatic heterocycles. The number of para-hydroxylation sites is 1. The van der Waals surface area contributed by atoms with Crippen molar-refractivity contribution < 1.29 is 32.2 Å². The molecule has 12 heteroatoms. The molecule has 4 rings (SSSR count).